The van der Waals surface area contributed by atoms with E-state index in [0.29, 0.717) is 6.54 Å². The lowest BCUT2D eigenvalue weighted by Crippen LogP contribution is -2.48. The third kappa shape index (κ3) is 3.77. The van der Waals surface area contributed by atoms with Gasteiger partial charge in [0.1, 0.15) is 6.61 Å². The van der Waals surface area contributed by atoms with E-state index in [9.17, 15) is 13.2 Å². The molecule has 0 aromatic rings. The molecule has 1 rings (SSSR count). The van der Waals surface area contributed by atoms with Gasteiger partial charge in [0.15, 0.2) is 0 Å². The van der Waals surface area contributed by atoms with Crippen molar-refractivity contribution in [3.05, 3.63) is 0 Å². The first-order valence-corrected chi connectivity index (χ1v) is 6.42. The van der Waals surface area contributed by atoms with Crippen LogP contribution in [0.5, 0.6) is 0 Å². The summed E-state index contributed by atoms with van der Waals surface area (Å²) in [6.45, 7) is 2.23. The Balaban J connectivity index is 2.38. The molecule has 1 atom stereocenters. The molecule has 0 spiro atoms. The van der Waals surface area contributed by atoms with Gasteiger partial charge in [0.25, 0.3) is 0 Å². The van der Waals surface area contributed by atoms with E-state index in [1.54, 1.807) is 14.0 Å². The average Bonchev–Trinajstić information content (AvgIpc) is 2.20. The van der Waals surface area contributed by atoms with E-state index in [-0.39, 0.29) is 30.9 Å². The monoisotopic (exact) mass is 236 g/mol. The van der Waals surface area contributed by atoms with E-state index in [2.05, 4.69) is 4.72 Å². The number of rotatable bonds is 4. The SMILES string of the molecule is CCS(=O)(=O)NCC1CN(C)C(=O)CO1. The van der Waals surface area contributed by atoms with Gasteiger partial charge < -0.3 is 9.64 Å². The summed E-state index contributed by atoms with van der Waals surface area (Å²) in [4.78, 5) is 12.6. The Bertz CT molecular complexity index is 328. The summed E-state index contributed by atoms with van der Waals surface area (Å²) in [6.07, 6.45) is -0.256. The second-order valence-electron chi connectivity index (χ2n) is 3.46. The van der Waals surface area contributed by atoms with E-state index >= 15 is 0 Å². The predicted octanol–water partition coefficient (Wildman–Crippen LogP) is -1.22. The van der Waals surface area contributed by atoms with Crippen LogP contribution in [0.4, 0.5) is 0 Å². The Kier molecular flexibility index (Phi) is 4.06. The highest BCUT2D eigenvalue weighted by atomic mass is 32.2. The molecular formula is C8H16N2O4S. The first-order valence-electron chi connectivity index (χ1n) is 4.77. The smallest absolute Gasteiger partial charge is 0.248 e. The quantitative estimate of drug-likeness (QED) is 0.664. The van der Waals surface area contributed by atoms with Gasteiger partial charge in [0, 0.05) is 20.1 Å². The van der Waals surface area contributed by atoms with Crippen LogP contribution in [0.2, 0.25) is 0 Å². The van der Waals surface area contributed by atoms with Gasteiger partial charge in [-0.3, -0.25) is 4.79 Å². The van der Waals surface area contributed by atoms with Crippen molar-refractivity contribution in [3.8, 4) is 0 Å². The maximum atomic E-state index is 11.1. The number of likely N-dealkylation sites (N-methyl/N-ethyl adjacent to an activating group) is 1. The number of carbonyl (C=O) groups excluding carboxylic acids is 1. The van der Waals surface area contributed by atoms with Crippen molar-refractivity contribution < 1.29 is 17.9 Å². The molecule has 1 fully saturated rings. The fraction of sp³-hybridized carbons (Fsp3) is 0.875. The Morgan fingerprint density at radius 1 is 1.60 bits per heavy atom. The molecular weight excluding hydrogens is 220 g/mol. The molecule has 0 aromatic carbocycles. The zero-order valence-electron chi connectivity index (χ0n) is 8.89. The molecule has 1 saturated heterocycles. The minimum Gasteiger partial charge on any atom is -0.365 e. The first-order chi connectivity index (χ1) is 6.94. The molecule has 7 heteroatoms. The fourth-order valence-corrected chi connectivity index (χ4v) is 1.85. The molecule has 0 aliphatic carbocycles. The van der Waals surface area contributed by atoms with Gasteiger partial charge in [-0.15, -0.1) is 0 Å². The van der Waals surface area contributed by atoms with Crippen LogP contribution in [0.3, 0.4) is 0 Å². The van der Waals surface area contributed by atoms with Gasteiger partial charge in [-0.05, 0) is 6.92 Å². The molecule has 1 amide bonds. The number of hydrogen-bond acceptors (Lipinski definition) is 4. The molecule has 0 saturated carbocycles. The van der Waals surface area contributed by atoms with Gasteiger partial charge in [0.2, 0.25) is 15.9 Å². The van der Waals surface area contributed by atoms with E-state index in [4.69, 9.17) is 4.74 Å². The Morgan fingerprint density at radius 2 is 2.27 bits per heavy atom. The van der Waals surface area contributed by atoms with Crippen LogP contribution in [0, 0.1) is 0 Å². The summed E-state index contributed by atoms with van der Waals surface area (Å²) in [5, 5.41) is 0. The van der Waals surface area contributed by atoms with Gasteiger partial charge in [-0.2, -0.15) is 0 Å². The summed E-state index contributed by atoms with van der Waals surface area (Å²) in [5.41, 5.74) is 0. The number of nitrogens with one attached hydrogen (secondary N) is 1. The molecule has 0 bridgehead atoms. The predicted molar refractivity (Wildman–Crippen MR) is 54.8 cm³/mol. The van der Waals surface area contributed by atoms with Crippen LogP contribution in [-0.4, -0.2) is 57.8 Å². The number of hydrogen-bond donors (Lipinski definition) is 1. The lowest BCUT2D eigenvalue weighted by atomic mass is 10.3. The van der Waals surface area contributed by atoms with Crippen molar-refractivity contribution in [3.63, 3.8) is 0 Å². The first kappa shape index (κ1) is 12.4. The highest BCUT2D eigenvalue weighted by molar-refractivity contribution is 7.89. The number of nitrogens with zero attached hydrogens (tertiary/aromatic N) is 1. The molecule has 1 aliphatic rings. The van der Waals surface area contributed by atoms with Crippen molar-refractivity contribution in [2.24, 2.45) is 0 Å². The standard InChI is InChI=1S/C8H16N2O4S/c1-3-15(12,13)9-4-7-5-10(2)8(11)6-14-7/h7,9H,3-6H2,1-2H3. The zero-order valence-corrected chi connectivity index (χ0v) is 9.71. The molecule has 1 aliphatic heterocycles. The minimum atomic E-state index is -3.18. The Hall–Kier alpha value is -0.660. The molecule has 15 heavy (non-hydrogen) atoms. The largest absolute Gasteiger partial charge is 0.365 e. The lowest BCUT2D eigenvalue weighted by molar-refractivity contribution is -0.146. The van der Waals surface area contributed by atoms with Crippen molar-refractivity contribution in [1.29, 1.82) is 0 Å². The van der Waals surface area contributed by atoms with Crippen LogP contribution in [0.15, 0.2) is 0 Å². The summed E-state index contributed by atoms with van der Waals surface area (Å²) in [6, 6.07) is 0. The van der Waals surface area contributed by atoms with Gasteiger partial charge in [0.05, 0.1) is 11.9 Å². The topological polar surface area (TPSA) is 75.7 Å². The Morgan fingerprint density at radius 3 is 2.80 bits per heavy atom. The molecule has 0 radical (unpaired) electrons. The van der Waals surface area contributed by atoms with Crippen LogP contribution in [0.1, 0.15) is 6.92 Å². The van der Waals surface area contributed by atoms with E-state index in [0.717, 1.165) is 0 Å². The minimum absolute atomic E-state index is 0.0228. The third-order valence-electron chi connectivity index (χ3n) is 2.26. The maximum Gasteiger partial charge on any atom is 0.248 e. The van der Waals surface area contributed by atoms with E-state index in [1.807, 2.05) is 0 Å². The van der Waals surface area contributed by atoms with Crippen molar-refractivity contribution >= 4 is 15.9 Å². The molecule has 6 nitrogen and oxygen atoms in total. The molecule has 1 heterocycles. The lowest BCUT2D eigenvalue weighted by Gasteiger charge is -2.29. The highest BCUT2D eigenvalue weighted by Gasteiger charge is 2.24. The van der Waals surface area contributed by atoms with Crippen LogP contribution in [-0.2, 0) is 19.6 Å². The summed E-state index contributed by atoms with van der Waals surface area (Å²) < 4.78 is 29.9. The van der Waals surface area contributed by atoms with Gasteiger partial charge >= 0.3 is 0 Å². The molecule has 1 N–H and O–H groups in total. The van der Waals surface area contributed by atoms with Crippen molar-refractivity contribution in [2.75, 3.05) is 32.5 Å². The normalized spacial score (nSPS) is 23.2. The number of carbonyl (C=O) groups is 1. The van der Waals surface area contributed by atoms with E-state index in [1.165, 1.54) is 4.90 Å². The van der Waals surface area contributed by atoms with E-state index < -0.39 is 10.0 Å². The van der Waals surface area contributed by atoms with Crippen LogP contribution >= 0.6 is 0 Å². The number of amides is 1. The molecule has 1 unspecified atom stereocenters. The van der Waals surface area contributed by atoms with Crippen LogP contribution < -0.4 is 4.72 Å². The summed E-state index contributed by atoms with van der Waals surface area (Å²) in [7, 11) is -1.51. The van der Waals surface area contributed by atoms with Crippen molar-refractivity contribution in [2.45, 2.75) is 13.0 Å². The molecule has 88 valence electrons. The van der Waals surface area contributed by atoms with Gasteiger partial charge in [-0.25, -0.2) is 13.1 Å². The van der Waals surface area contributed by atoms with Crippen LogP contribution in [0.25, 0.3) is 0 Å². The number of ether oxygens (including phenoxy) is 1. The second kappa shape index (κ2) is 4.91. The third-order valence-corrected chi connectivity index (χ3v) is 3.62. The fourth-order valence-electron chi connectivity index (χ4n) is 1.20. The number of morpholine rings is 1. The zero-order chi connectivity index (χ0) is 11.5. The maximum absolute atomic E-state index is 11.1. The average molecular weight is 236 g/mol. The second-order valence-corrected chi connectivity index (χ2v) is 5.55. The van der Waals surface area contributed by atoms with Gasteiger partial charge in [-0.1, -0.05) is 0 Å². The number of sulfonamides is 1. The Labute approximate surface area is 89.6 Å². The molecule has 0 aromatic heterocycles. The highest BCUT2D eigenvalue weighted by Crippen LogP contribution is 2.03. The summed E-state index contributed by atoms with van der Waals surface area (Å²) in [5.74, 6) is -0.0290. The summed E-state index contributed by atoms with van der Waals surface area (Å²) >= 11 is 0. The van der Waals surface area contributed by atoms with Crippen molar-refractivity contribution in [1.82, 2.24) is 9.62 Å².